The van der Waals surface area contributed by atoms with Crippen LogP contribution in [0.1, 0.15) is 9.75 Å². The Bertz CT molecular complexity index is 724. The first kappa shape index (κ1) is 15.8. The highest BCUT2D eigenvalue weighted by atomic mass is 32.2. The molecule has 0 aliphatic carbocycles. The maximum Gasteiger partial charge on any atom is 0.263 e. The normalized spacial score (nSPS) is 11.4. The molecule has 0 saturated carbocycles. The van der Waals surface area contributed by atoms with Crippen LogP contribution >= 0.6 is 11.3 Å². The predicted molar refractivity (Wildman–Crippen MR) is 85.6 cm³/mol. The molecule has 1 aromatic heterocycles. The van der Waals surface area contributed by atoms with Gasteiger partial charge in [0.25, 0.3) is 10.0 Å². The van der Waals surface area contributed by atoms with Gasteiger partial charge >= 0.3 is 0 Å². The van der Waals surface area contributed by atoms with Gasteiger partial charge in [0.2, 0.25) is 0 Å². The Labute approximate surface area is 128 Å². The van der Waals surface area contributed by atoms with Gasteiger partial charge in [-0.25, -0.2) is 8.42 Å². The molecule has 2 aromatic rings. The third-order valence-corrected chi connectivity index (χ3v) is 5.36. The van der Waals surface area contributed by atoms with E-state index in [0.29, 0.717) is 29.5 Å². The van der Waals surface area contributed by atoms with Crippen LogP contribution in [0.3, 0.4) is 0 Å². The summed E-state index contributed by atoms with van der Waals surface area (Å²) >= 11 is 1.46. The lowest BCUT2D eigenvalue weighted by Crippen LogP contribution is -2.13. The quantitative estimate of drug-likeness (QED) is 0.854. The summed E-state index contributed by atoms with van der Waals surface area (Å²) in [6.07, 6.45) is 0. The Morgan fingerprint density at radius 2 is 2.05 bits per heavy atom. The Morgan fingerprint density at radius 3 is 2.67 bits per heavy atom. The summed E-state index contributed by atoms with van der Waals surface area (Å²) in [5.41, 5.74) is 5.84. The molecule has 3 N–H and O–H groups in total. The van der Waals surface area contributed by atoms with Gasteiger partial charge in [-0.05, 0) is 32.0 Å². The van der Waals surface area contributed by atoms with E-state index in [1.54, 1.807) is 37.3 Å². The number of benzene rings is 1. The second-order valence-electron chi connectivity index (χ2n) is 4.55. The summed E-state index contributed by atoms with van der Waals surface area (Å²) in [5, 5.41) is 0. The lowest BCUT2D eigenvalue weighted by atomic mass is 10.3. The van der Waals surface area contributed by atoms with E-state index in [1.807, 2.05) is 6.92 Å². The number of thiophene rings is 1. The van der Waals surface area contributed by atoms with Gasteiger partial charge in [-0.3, -0.25) is 4.72 Å². The fourth-order valence-corrected chi connectivity index (χ4v) is 4.52. The van der Waals surface area contributed by atoms with Crippen molar-refractivity contribution < 1.29 is 13.2 Å². The lowest BCUT2D eigenvalue weighted by Gasteiger charge is -2.10. The van der Waals surface area contributed by atoms with Crippen LogP contribution in [-0.4, -0.2) is 21.6 Å². The van der Waals surface area contributed by atoms with Crippen molar-refractivity contribution in [1.82, 2.24) is 0 Å². The molecular formula is C14H18N2O3S2. The molecule has 0 bridgehead atoms. The molecule has 1 heterocycles. The van der Waals surface area contributed by atoms with Crippen molar-refractivity contribution in [1.29, 1.82) is 0 Å². The zero-order valence-corrected chi connectivity index (χ0v) is 13.6. The molecule has 0 radical (unpaired) electrons. The minimum atomic E-state index is -3.58. The largest absolute Gasteiger partial charge is 0.492 e. The maximum atomic E-state index is 12.4. The van der Waals surface area contributed by atoms with Crippen molar-refractivity contribution in [3.05, 3.63) is 40.1 Å². The molecule has 0 aliphatic rings. The average molecular weight is 326 g/mol. The highest BCUT2D eigenvalue weighted by molar-refractivity contribution is 7.93. The van der Waals surface area contributed by atoms with Gasteiger partial charge < -0.3 is 10.5 Å². The van der Waals surface area contributed by atoms with Gasteiger partial charge in [-0.15, -0.1) is 11.3 Å². The third kappa shape index (κ3) is 3.96. The zero-order valence-electron chi connectivity index (χ0n) is 11.9. The summed E-state index contributed by atoms with van der Waals surface area (Å²) in [6.45, 7) is 4.48. The Morgan fingerprint density at radius 1 is 1.29 bits per heavy atom. The van der Waals surface area contributed by atoms with Crippen LogP contribution in [0.4, 0.5) is 5.69 Å². The van der Waals surface area contributed by atoms with Crippen molar-refractivity contribution in [3.63, 3.8) is 0 Å². The third-order valence-electron chi connectivity index (χ3n) is 2.76. The van der Waals surface area contributed by atoms with E-state index in [2.05, 4.69) is 4.72 Å². The first-order valence-electron chi connectivity index (χ1n) is 6.45. The molecule has 21 heavy (non-hydrogen) atoms. The first-order chi connectivity index (χ1) is 9.92. The van der Waals surface area contributed by atoms with Crippen LogP contribution < -0.4 is 15.2 Å². The summed E-state index contributed by atoms with van der Waals surface area (Å²) in [4.78, 5) is 2.06. The van der Waals surface area contributed by atoms with Crippen molar-refractivity contribution in [2.75, 3.05) is 17.9 Å². The Hall–Kier alpha value is -1.57. The summed E-state index contributed by atoms with van der Waals surface area (Å²) < 4.78 is 32.8. The molecule has 7 heteroatoms. The van der Waals surface area contributed by atoms with Gasteiger partial charge in [0.05, 0.1) is 5.69 Å². The monoisotopic (exact) mass is 326 g/mol. The number of anilines is 1. The standard InChI is InChI=1S/C14H18N2O3S2/c1-10-8-14(11(2)20-10)21(17,18)16-12-4-3-5-13(9-12)19-7-6-15/h3-5,8-9,16H,6-7,15H2,1-2H3. The number of rotatable bonds is 6. The molecule has 0 saturated heterocycles. The first-order valence-corrected chi connectivity index (χ1v) is 8.75. The topological polar surface area (TPSA) is 81.4 Å². The van der Waals surface area contributed by atoms with Gasteiger partial charge in [0.15, 0.2) is 0 Å². The van der Waals surface area contributed by atoms with Crippen LogP contribution in [0.2, 0.25) is 0 Å². The van der Waals surface area contributed by atoms with Gasteiger partial charge in [0.1, 0.15) is 17.3 Å². The lowest BCUT2D eigenvalue weighted by molar-refractivity contribution is 0.328. The van der Waals surface area contributed by atoms with E-state index in [-0.39, 0.29) is 0 Å². The number of nitrogens with two attached hydrogens (primary N) is 1. The summed E-state index contributed by atoms with van der Waals surface area (Å²) in [6, 6.07) is 8.49. The average Bonchev–Trinajstić information content (AvgIpc) is 2.76. The fraction of sp³-hybridized carbons (Fsp3) is 0.286. The smallest absolute Gasteiger partial charge is 0.263 e. The zero-order chi connectivity index (χ0) is 15.5. The highest BCUT2D eigenvalue weighted by Crippen LogP contribution is 2.27. The molecule has 0 atom stereocenters. The number of hydrogen-bond donors (Lipinski definition) is 2. The molecule has 0 unspecified atom stereocenters. The van der Waals surface area contributed by atoms with Crippen LogP contribution in [-0.2, 0) is 10.0 Å². The SMILES string of the molecule is Cc1cc(S(=O)(=O)Nc2cccc(OCCN)c2)c(C)s1. The van der Waals surface area contributed by atoms with Crippen LogP contribution in [0.15, 0.2) is 35.2 Å². The Kier molecular flexibility index (Phi) is 4.87. The Balaban J connectivity index is 2.22. The maximum absolute atomic E-state index is 12.4. The van der Waals surface area contributed by atoms with E-state index in [1.165, 1.54) is 11.3 Å². The molecule has 0 aliphatic heterocycles. The van der Waals surface area contributed by atoms with Crippen LogP contribution in [0.5, 0.6) is 5.75 Å². The van der Waals surface area contributed by atoms with E-state index in [0.717, 1.165) is 9.75 Å². The highest BCUT2D eigenvalue weighted by Gasteiger charge is 2.19. The second-order valence-corrected chi connectivity index (χ2v) is 7.66. The minimum absolute atomic E-state index is 0.318. The van der Waals surface area contributed by atoms with Gasteiger partial charge in [0, 0.05) is 22.4 Å². The van der Waals surface area contributed by atoms with Crippen LogP contribution in [0.25, 0.3) is 0 Å². The number of aryl methyl sites for hydroxylation is 2. The van der Waals surface area contributed by atoms with Crippen molar-refractivity contribution in [2.24, 2.45) is 5.73 Å². The van der Waals surface area contributed by atoms with Crippen molar-refractivity contribution in [3.8, 4) is 5.75 Å². The molecule has 0 spiro atoms. The van der Waals surface area contributed by atoms with Crippen molar-refractivity contribution in [2.45, 2.75) is 18.7 Å². The number of hydrogen-bond acceptors (Lipinski definition) is 5. The predicted octanol–water partition coefficient (Wildman–Crippen LogP) is 2.50. The molecular weight excluding hydrogens is 308 g/mol. The van der Waals surface area contributed by atoms with E-state index < -0.39 is 10.0 Å². The molecule has 2 rings (SSSR count). The van der Waals surface area contributed by atoms with Crippen LogP contribution in [0, 0.1) is 13.8 Å². The number of sulfonamides is 1. The molecule has 0 amide bonds. The minimum Gasteiger partial charge on any atom is -0.492 e. The van der Waals surface area contributed by atoms with Crippen molar-refractivity contribution >= 4 is 27.0 Å². The van der Waals surface area contributed by atoms with E-state index in [4.69, 9.17) is 10.5 Å². The summed E-state index contributed by atoms with van der Waals surface area (Å²) in [5.74, 6) is 0.582. The number of nitrogens with one attached hydrogen (secondary N) is 1. The molecule has 5 nitrogen and oxygen atoms in total. The fourth-order valence-electron chi connectivity index (χ4n) is 1.91. The molecule has 0 fully saturated rings. The van der Waals surface area contributed by atoms with Gasteiger partial charge in [-0.2, -0.15) is 0 Å². The second kappa shape index (κ2) is 6.46. The van der Waals surface area contributed by atoms with Gasteiger partial charge in [-0.1, -0.05) is 6.07 Å². The summed E-state index contributed by atoms with van der Waals surface area (Å²) in [7, 11) is -3.58. The number of ether oxygens (including phenoxy) is 1. The van der Waals surface area contributed by atoms with E-state index in [9.17, 15) is 8.42 Å². The van der Waals surface area contributed by atoms with E-state index >= 15 is 0 Å². The molecule has 114 valence electrons. The molecule has 1 aromatic carbocycles.